The number of esters is 1. The van der Waals surface area contributed by atoms with Crippen LogP contribution in [0.25, 0.3) is 0 Å². The van der Waals surface area contributed by atoms with E-state index in [0.717, 1.165) is 11.1 Å². The number of benzene rings is 2. The molecular weight excluding hydrogens is 400 g/mol. The molecule has 1 fully saturated rings. The topological polar surface area (TPSA) is 89.7 Å². The monoisotopic (exact) mass is 424 g/mol. The van der Waals surface area contributed by atoms with Crippen LogP contribution in [-0.4, -0.2) is 44.9 Å². The van der Waals surface area contributed by atoms with Crippen molar-refractivity contribution in [2.24, 2.45) is 5.73 Å². The predicted octanol–water partition coefficient (Wildman–Crippen LogP) is 2.63. The molecular formula is C20H25ClN2O4S. The number of methoxy groups -OCH3 is 1. The third-order valence-corrected chi connectivity index (χ3v) is 7.18. The fourth-order valence-electron chi connectivity index (χ4n) is 3.51. The van der Waals surface area contributed by atoms with Crippen molar-refractivity contribution in [3.05, 3.63) is 64.7 Å². The van der Waals surface area contributed by atoms with E-state index in [9.17, 15) is 13.2 Å². The van der Waals surface area contributed by atoms with Gasteiger partial charge in [0.15, 0.2) is 0 Å². The van der Waals surface area contributed by atoms with Crippen LogP contribution in [0.3, 0.4) is 0 Å². The van der Waals surface area contributed by atoms with Gasteiger partial charge in [-0.2, -0.15) is 4.31 Å². The zero-order chi connectivity index (χ0) is 19.8. The second kappa shape index (κ2) is 8.61. The third-order valence-electron chi connectivity index (χ3n) is 5.22. The lowest BCUT2D eigenvalue weighted by molar-refractivity contribution is 0.0600. The summed E-state index contributed by atoms with van der Waals surface area (Å²) in [7, 11) is -2.51. The van der Waals surface area contributed by atoms with Gasteiger partial charge in [-0.1, -0.05) is 30.3 Å². The zero-order valence-electron chi connectivity index (χ0n) is 16.1. The van der Waals surface area contributed by atoms with Crippen molar-refractivity contribution in [1.29, 1.82) is 0 Å². The minimum absolute atomic E-state index is 0. The first-order valence-corrected chi connectivity index (χ1v) is 10.2. The highest BCUT2D eigenvalue weighted by molar-refractivity contribution is 7.89. The average molecular weight is 425 g/mol. The Morgan fingerprint density at radius 1 is 1.14 bits per heavy atom. The van der Waals surface area contributed by atoms with Crippen LogP contribution < -0.4 is 5.73 Å². The van der Waals surface area contributed by atoms with E-state index in [1.165, 1.54) is 17.5 Å². The number of nitrogens with zero attached hydrogens (tertiary/aromatic N) is 1. The van der Waals surface area contributed by atoms with Crippen molar-refractivity contribution in [3.63, 3.8) is 0 Å². The smallest absolute Gasteiger partial charge is 0.337 e. The molecule has 0 amide bonds. The lowest BCUT2D eigenvalue weighted by Gasteiger charge is -2.19. The van der Waals surface area contributed by atoms with E-state index in [-0.39, 0.29) is 41.4 Å². The number of halogens is 1. The summed E-state index contributed by atoms with van der Waals surface area (Å²) < 4.78 is 32.8. The van der Waals surface area contributed by atoms with E-state index in [4.69, 9.17) is 10.5 Å². The number of carbonyl (C=O) groups excluding carboxylic acids is 1. The molecule has 152 valence electrons. The van der Waals surface area contributed by atoms with Gasteiger partial charge in [-0.25, -0.2) is 13.2 Å². The number of hydrogen-bond donors (Lipinski definition) is 1. The van der Waals surface area contributed by atoms with Gasteiger partial charge in [-0.05, 0) is 42.7 Å². The van der Waals surface area contributed by atoms with Gasteiger partial charge in [0, 0.05) is 25.0 Å². The molecule has 2 N–H and O–H groups in total. The van der Waals surface area contributed by atoms with Crippen LogP contribution in [-0.2, 0) is 14.8 Å². The standard InChI is InChI=1S/C20H24N2O4S.ClH/c1-13-9-16(20(23)26-3)10-19(14(13)2)27(24,25)22-11-17(18(21)12-22)15-7-5-4-6-8-15;/h4-10,17-18H,11-12,21H2,1-3H3;1H/t17-,18+;/m0./s1. The Kier molecular flexibility index (Phi) is 6.88. The van der Waals surface area contributed by atoms with Crippen LogP contribution in [0.4, 0.5) is 0 Å². The Bertz CT molecular complexity index is 964. The second-order valence-electron chi connectivity index (χ2n) is 6.91. The molecule has 0 unspecified atom stereocenters. The van der Waals surface area contributed by atoms with Gasteiger partial charge < -0.3 is 10.5 Å². The second-order valence-corrected chi connectivity index (χ2v) is 8.82. The first kappa shape index (κ1) is 22.4. The summed E-state index contributed by atoms with van der Waals surface area (Å²) in [5, 5.41) is 0. The molecule has 0 saturated carbocycles. The van der Waals surface area contributed by atoms with Gasteiger partial charge in [-0.15, -0.1) is 12.4 Å². The number of aryl methyl sites for hydroxylation is 1. The van der Waals surface area contributed by atoms with E-state index in [1.54, 1.807) is 19.9 Å². The Balaban J connectivity index is 0.00000280. The first-order valence-electron chi connectivity index (χ1n) is 8.76. The van der Waals surface area contributed by atoms with E-state index in [0.29, 0.717) is 12.1 Å². The van der Waals surface area contributed by atoms with Gasteiger partial charge >= 0.3 is 5.97 Å². The summed E-state index contributed by atoms with van der Waals surface area (Å²) in [6, 6.07) is 12.4. The predicted molar refractivity (Wildman–Crippen MR) is 110 cm³/mol. The maximum absolute atomic E-state index is 13.3. The molecule has 8 heteroatoms. The fraction of sp³-hybridized carbons (Fsp3) is 0.350. The molecule has 2 atom stereocenters. The molecule has 6 nitrogen and oxygen atoms in total. The number of nitrogens with two attached hydrogens (primary N) is 1. The largest absolute Gasteiger partial charge is 0.465 e. The van der Waals surface area contributed by atoms with Gasteiger partial charge in [0.2, 0.25) is 10.0 Å². The van der Waals surface area contributed by atoms with Crippen LogP contribution in [0.5, 0.6) is 0 Å². The van der Waals surface area contributed by atoms with Gasteiger partial charge in [-0.3, -0.25) is 0 Å². The highest BCUT2D eigenvalue weighted by Gasteiger charge is 2.39. The molecule has 3 rings (SSSR count). The minimum Gasteiger partial charge on any atom is -0.465 e. The summed E-state index contributed by atoms with van der Waals surface area (Å²) in [6.07, 6.45) is 0. The number of carbonyl (C=O) groups is 1. The average Bonchev–Trinajstić information content (AvgIpc) is 3.06. The van der Waals surface area contributed by atoms with Crippen molar-refractivity contribution in [2.45, 2.75) is 30.7 Å². The highest BCUT2D eigenvalue weighted by Crippen LogP contribution is 2.32. The van der Waals surface area contributed by atoms with Crippen molar-refractivity contribution >= 4 is 28.4 Å². The molecule has 1 aliphatic rings. The normalized spacial score (nSPS) is 19.9. The molecule has 2 aromatic carbocycles. The Morgan fingerprint density at radius 2 is 1.79 bits per heavy atom. The molecule has 0 radical (unpaired) electrons. The van der Waals surface area contributed by atoms with Crippen LogP contribution in [0.2, 0.25) is 0 Å². The van der Waals surface area contributed by atoms with Crippen LogP contribution in [0, 0.1) is 13.8 Å². The van der Waals surface area contributed by atoms with Gasteiger partial charge in [0.1, 0.15) is 0 Å². The van der Waals surface area contributed by atoms with Crippen molar-refractivity contribution in [3.8, 4) is 0 Å². The number of sulfonamides is 1. The molecule has 0 bridgehead atoms. The van der Waals surface area contributed by atoms with Crippen molar-refractivity contribution in [1.82, 2.24) is 4.31 Å². The van der Waals surface area contributed by atoms with Crippen molar-refractivity contribution in [2.75, 3.05) is 20.2 Å². The summed E-state index contributed by atoms with van der Waals surface area (Å²) in [6.45, 7) is 4.08. The molecule has 1 heterocycles. The number of ether oxygens (including phenoxy) is 1. The van der Waals surface area contributed by atoms with E-state index < -0.39 is 16.0 Å². The van der Waals surface area contributed by atoms with E-state index in [1.807, 2.05) is 30.3 Å². The molecule has 1 aliphatic heterocycles. The summed E-state index contributed by atoms with van der Waals surface area (Å²) >= 11 is 0. The van der Waals surface area contributed by atoms with Crippen LogP contribution >= 0.6 is 12.4 Å². The van der Waals surface area contributed by atoms with Gasteiger partial charge in [0.25, 0.3) is 0 Å². The van der Waals surface area contributed by atoms with Gasteiger partial charge in [0.05, 0.1) is 17.6 Å². The van der Waals surface area contributed by atoms with Crippen LogP contribution in [0.1, 0.15) is 33.0 Å². The maximum atomic E-state index is 13.3. The SMILES string of the molecule is COC(=O)c1cc(C)c(C)c(S(=O)(=O)N2C[C@@H](N)[C@H](c3ccccc3)C2)c1.Cl. The summed E-state index contributed by atoms with van der Waals surface area (Å²) in [5.41, 5.74) is 8.86. The van der Waals surface area contributed by atoms with Crippen molar-refractivity contribution < 1.29 is 17.9 Å². The molecule has 2 aromatic rings. The highest BCUT2D eigenvalue weighted by atomic mass is 35.5. The van der Waals surface area contributed by atoms with Crippen LogP contribution in [0.15, 0.2) is 47.4 Å². The number of hydrogen-bond acceptors (Lipinski definition) is 5. The number of rotatable bonds is 4. The fourth-order valence-corrected chi connectivity index (χ4v) is 5.34. The Hall–Kier alpha value is -1.93. The minimum atomic E-state index is -3.78. The lowest BCUT2D eigenvalue weighted by Crippen LogP contribution is -2.32. The zero-order valence-corrected chi connectivity index (χ0v) is 17.7. The summed E-state index contributed by atoms with van der Waals surface area (Å²) in [4.78, 5) is 12.0. The first-order chi connectivity index (χ1) is 12.8. The molecule has 0 spiro atoms. The molecule has 0 aliphatic carbocycles. The molecule has 0 aromatic heterocycles. The Morgan fingerprint density at radius 3 is 2.39 bits per heavy atom. The summed E-state index contributed by atoms with van der Waals surface area (Å²) in [5.74, 6) is -0.624. The quantitative estimate of drug-likeness (QED) is 0.762. The molecule has 28 heavy (non-hydrogen) atoms. The van der Waals surface area contributed by atoms with E-state index >= 15 is 0 Å². The maximum Gasteiger partial charge on any atom is 0.337 e. The third kappa shape index (κ3) is 4.07. The van der Waals surface area contributed by atoms with E-state index in [2.05, 4.69) is 0 Å². The Labute approximate surface area is 172 Å². The molecule has 1 saturated heterocycles. The lowest BCUT2D eigenvalue weighted by atomic mass is 9.95.